The molecule has 1 aliphatic heterocycles. The molecule has 1 N–H and O–H groups in total. The van der Waals surface area contributed by atoms with Crippen LogP contribution in [0, 0.1) is 5.92 Å². The van der Waals surface area contributed by atoms with Gasteiger partial charge in [0, 0.05) is 24.7 Å². The fourth-order valence-electron chi connectivity index (χ4n) is 3.87. The molecule has 29 heavy (non-hydrogen) atoms. The van der Waals surface area contributed by atoms with Crippen molar-refractivity contribution in [1.29, 1.82) is 0 Å². The number of rotatable bonds is 6. The van der Waals surface area contributed by atoms with Crippen LogP contribution in [0.1, 0.15) is 38.2 Å². The summed E-state index contributed by atoms with van der Waals surface area (Å²) < 4.78 is 31.5. The van der Waals surface area contributed by atoms with Gasteiger partial charge in [0.05, 0.1) is 6.26 Å². The van der Waals surface area contributed by atoms with Crippen molar-refractivity contribution in [2.24, 2.45) is 5.92 Å². The quantitative estimate of drug-likeness (QED) is 0.771. The molecule has 0 saturated carbocycles. The van der Waals surface area contributed by atoms with Crippen LogP contribution in [0.3, 0.4) is 0 Å². The molecule has 1 heterocycles. The lowest BCUT2D eigenvalue weighted by atomic mass is 9.90. The zero-order chi connectivity index (χ0) is 20.9. The first-order chi connectivity index (χ1) is 13.8. The summed E-state index contributed by atoms with van der Waals surface area (Å²) in [7, 11) is -3.23. The van der Waals surface area contributed by atoms with E-state index in [1.807, 2.05) is 24.3 Å². The molecule has 0 aromatic heterocycles. The van der Waals surface area contributed by atoms with Crippen molar-refractivity contribution in [3.05, 3.63) is 53.8 Å². The molecule has 6 nitrogen and oxygen atoms in total. The van der Waals surface area contributed by atoms with Crippen molar-refractivity contribution in [2.45, 2.75) is 38.6 Å². The molecule has 1 aromatic rings. The first kappa shape index (κ1) is 21.6. The highest BCUT2D eigenvalue weighted by molar-refractivity contribution is 7.88. The van der Waals surface area contributed by atoms with Crippen LogP contribution in [0.5, 0.6) is 0 Å². The van der Waals surface area contributed by atoms with Crippen molar-refractivity contribution in [1.82, 2.24) is 9.62 Å². The summed E-state index contributed by atoms with van der Waals surface area (Å²) >= 11 is 0. The van der Waals surface area contributed by atoms with Gasteiger partial charge >= 0.3 is 0 Å². The molecular formula is C22H30N2O4S. The van der Waals surface area contributed by atoms with Gasteiger partial charge < -0.3 is 9.64 Å². The second kappa shape index (κ2) is 9.59. The predicted molar refractivity (Wildman–Crippen MR) is 114 cm³/mol. The monoisotopic (exact) mass is 418 g/mol. The molecule has 158 valence electrons. The molecule has 1 saturated heterocycles. The topological polar surface area (TPSA) is 75.7 Å². The Balaban J connectivity index is 1.61. The largest absolute Gasteiger partial charge is 0.483 e. The number of hydrogen-bond acceptors (Lipinski definition) is 4. The van der Waals surface area contributed by atoms with Crippen molar-refractivity contribution in [2.75, 3.05) is 26.0 Å². The Morgan fingerprint density at radius 3 is 2.69 bits per heavy atom. The normalized spacial score (nSPS) is 23.0. The van der Waals surface area contributed by atoms with Gasteiger partial charge in [-0.15, -0.1) is 0 Å². The van der Waals surface area contributed by atoms with E-state index < -0.39 is 10.0 Å². The van der Waals surface area contributed by atoms with E-state index in [0.717, 1.165) is 36.2 Å². The van der Waals surface area contributed by atoms with Gasteiger partial charge in [0.1, 0.15) is 5.76 Å². The van der Waals surface area contributed by atoms with Crippen LogP contribution in [0.2, 0.25) is 0 Å². The minimum absolute atomic E-state index is 0.00540. The van der Waals surface area contributed by atoms with Gasteiger partial charge in [0.2, 0.25) is 10.0 Å². The number of sulfonamides is 1. The number of allylic oxidation sites excluding steroid dienone is 3. The van der Waals surface area contributed by atoms with Crippen molar-refractivity contribution < 1.29 is 17.9 Å². The van der Waals surface area contributed by atoms with E-state index in [1.165, 1.54) is 6.26 Å². The molecule has 0 bridgehead atoms. The van der Waals surface area contributed by atoms with E-state index in [-0.39, 0.29) is 18.6 Å². The standard InChI is InChI=1S/C22H30N2O4S/c1-17-10-11-21(20(15-17)18-7-4-3-5-8-18)28-16-22(25)24-13-6-9-19(12-14-24)23-29(2,26)27/h3-5,7-8,10-11,17,19,23H,6,9,12-16H2,1-2H3. The van der Waals surface area contributed by atoms with E-state index in [9.17, 15) is 13.2 Å². The third-order valence-electron chi connectivity index (χ3n) is 5.33. The number of carbonyl (C=O) groups excluding carboxylic acids is 1. The molecule has 2 aliphatic rings. The Hall–Kier alpha value is -2.12. The number of ether oxygens (including phenoxy) is 1. The Kier molecular flexibility index (Phi) is 7.14. The second-order valence-corrected chi connectivity index (χ2v) is 9.72. The molecule has 2 unspecified atom stereocenters. The maximum atomic E-state index is 12.7. The number of amides is 1. The molecule has 1 amide bonds. The molecule has 1 aliphatic carbocycles. The number of likely N-dealkylation sites (tertiary alicyclic amines) is 1. The van der Waals surface area contributed by atoms with Crippen LogP contribution in [0.25, 0.3) is 5.57 Å². The number of carbonyl (C=O) groups is 1. The van der Waals surface area contributed by atoms with E-state index in [0.29, 0.717) is 25.4 Å². The number of benzene rings is 1. The minimum atomic E-state index is -3.23. The number of nitrogens with one attached hydrogen (secondary N) is 1. The summed E-state index contributed by atoms with van der Waals surface area (Å²) in [4.78, 5) is 14.5. The maximum absolute atomic E-state index is 12.7. The van der Waals surface area contributed by atoms with Gasteiger partial charge in [-0.1, -0.05) is 43.3 Å². The summed E-state index contributed by atoms with van der Waals surface area (Å²) in [5, 5.41) is 0. The molecule has 1 aromatic carbocycles. The zero-order valence-electron chi connectivity index (χ0n) is 17.1. The highest BCUT2D eigenvalue weighted by Gasteiger charge is 2.23. The summed E-state index contributed by atoms with van der Waals surface area (Å²) in [6.07, 6.45) is 8.26. The van der Waals surface area contributed by atoms with Gasteiger partial charge in [0.25, 0.3) is 5.91 Å². The minimum Gasteiger partial charge on any atom is -0.483 e. The Morgan fingerprint density at radius 1 is 1.21 bits per heavy atom. The third kappa shape index (κ3) is 6.44. The lowest BCUT2D eigenvalue weighted by Crippen LogP contribution is -2.37. The zero-order valence-corrected chi connectivity index (χ0v) is 18.0. The lowest BCUT2D eigenvalue weighted by Gasteiger charge is -2.23. The third-order valence-corrected chi connectivity index (χ3v) is 6.10. The summed E-state index contributed by atoms with van der Waals surface area (Å²) in [6, 6.07) is 10.0. The summed E-state index contributed by atoms with van der Waals surface area (Å²) in [6.45, 7) is 3.32. The molecule has 1 fully saturated rings. The molecular weight excluding hydrogens is 388 g/mol. The van der Waals surface area contributed by atoms with E-state index in [2.05, 4.69) is 29.9 Å². The van der Waals surface area contributed by atoms with E-state index in [1.54, 1.807) is 4.90 Å². The maximum Gasteiger partial charge on any atom is 0.260 e. The molecule has 3 rings (SSSR count). The number of hydrogen-bond donors (Lipinski definition) is 1. The Labute approximate surface area is 173 Å². The fourth-order valence-corrected chi connectivity index (χ4v) is 4.72. The van der Waals surface area contributed by atoms with Gasteiger partial charge in [-0.05, 0) is 43.2 Å². The van der Waals surface area contributed by atoms with Crippen LogP contribution < -0.4 is 4.72 Å². The first-order valence-corrected chi connectivity index (χ1v) is 12.1. The van der Waals surface area contributed by atoms with Gasteiger partial charge in [0.15, 0.2) is 6.61 Å². The molecule has 7 heteroatoms. The van der Waals surface area contributed by atoms with E-state index in [4.69, 9.17) is 4.74 Å². The summed E-state index contributed by atoms with van der Waals surface area (Å²) in [5.74, 6) is 1.13. The van der Waals surface area contributed by atoms with Crippen LogP contribution in [-0.2, 0) is 19.6 Å². The highest BCUT2D eigenvalue weighted by atomic mass is 32.2. The highest BCUT2D eigenvalue weighted by Crippen LogP contribution is 2.32. The van der Waals surface area contributed by atoms with E-state index >= 15 is 0 Å². The molecule has 0 spiro atoms. The van der Waals surface area contributed by atoms with Crippen LogP contribution in [0.4, 0.5) is 0 Å². The summed E-state index contributed by atoms with van der Waals surface area (Å²) in [5.41, 5.74) is 2.25. The van der Waals surface area contributed by atoms with Gasteiger partial charge in [-0.3, -0.25) is 4.79 Å². The second-order valence-electron chi connectivity index (χ2n) is 7.94. The van der Waals surface area contributed by atoms with Crippen molar-refractivity contribution in [3.8, 4) is 0 Å². The van der Waals surface area contributed by atoms with Crippen LogP contribution >= 0.6 is 0 Å². The lowest BCUT2D eigenvalue weighted by molar-refractivity contribution is -0.134. The average Bonchev–Trinajstić information content (AvgIpc) is 2.91. The smallest absolute Gasteiger partial charge is 0.260 e. The number of nitrogens with zero attached hydrogens (tertiary/aromatic N) is 1. The Bertz CT molecular complexity index is 877. The Morgan fingerprint density at radius 2 is 1.97 bits per heavy atom. The van der Waals surface area contributed by atoms with Crippen LogP contribution in [0.15, 0.2) is 48.2 Å². The van der Waals surface area contributed by atoms with Crippen molar-refractivity contribution in [3.63, 3.8) is 0 Å². The van der Waals surface area contributed by atoms with Crippen molar-refractivity contribution >= 4 is 21.5 Å². The first-order valence-electron chi connectivity index (χ1n) is 10.2. The van der Waals surface area contributed by atoms with Gasteiger partial charge in [-0.25, -0.2) is 13.1 Å². The average molecular weight is 419 g/mol. The predicted octanol–water partition coefficient (Wildman–Crippen LogP) is 2.94. The fraction of sp³-hybridized carbons (Fsp3) is 0.500. The SMILES string of the molecule is CC1C=CC(OCC(=O)N2CCCC(NS(C)(=O)=O)CC2)=C(c2ccccc2)C1. The molecule has 2 atom stereocenters. The van der Waals surface area contributed by atoms with Crippen LogP contribution in [-0.4, -0.2) is 51.2 Å². The van der Waals surface area contributed by atoms with Gasteiger partial charge in [-0.2, -0.15) is 0 Å². The molecule has 0 radical (unpaired) electrons.